The number of carbonyl (C=O) groups is 2. The highest BCUT2D eigenvalue weighted by molar-refractivity contribution is 7.17. The molecule has 1 atom stereocenters. The van der Waals surface area contributed by atoms with Crippen molar-refractivity contribution in [2.75, 3.05) is 32.9 Å². The predicted octanol–water partition coefficient (Wildman–Crippen LogP) is 2.11. The van der Waals surface area contributed by atoms with E-state index < -0.39 is 12.1 Å². The van der Waals surface area contributed by atoms with Gasteiger partial charge in [-0.2, -0.15) is 0 Å². The van der Waals surface area contributed by atoms with Crippen LogP contribution in [-0.2, 0) is 9.53 Å². The Morgan fingerprint density at radius 1 is 1.08 bits per heavy atom. The highest BCUT2D eigenvalue weighted by Gasteiger charge is 2.30. The van der Waals surface area contributed by atoms with Gasteiger partial charge in [0.2, 0.25) is 0 Å². The number of nitrogens with zero attached hydrogens (tertiary/aromatic N) is 1. The van der Waals surface area contributed by atoms with Crippen LogP contribution in [-0.4, -0.2) is 60.9 Å². The molecule has 0 spiro atoms. The van der Waals surface area contributed by atoms with Crippen molar-refractivity contribution in [2.24, 2.45) is 0 Å². The molecule has 4 rings (SSSR count). The standard InChI is InChI=1S/C18H17NO6S/c20-17(19-5-6-23-14(10-19)18(21)22)16-4-3-15(26-16)11-1-2-12-13(9-11)25-8-7-24-12/h1-4,9,14H,5-8,10H2,(H,21,22)/t14-/m0/s1. The third-order valence-corrected chi connectivity index (χ3v) is 5.39. The maximum atomic E-state index is 12.7. The molecule has 1 N–H and O–H groups in total. The molecule has 136 valence electrons. The van der Waals surface area contributed by atoms with E-state index >= 15 is 0 Å². The number of ether oxygens (including phenoxy) is 3. The first-order valence-corrected chi connectivity index (χ1v) is 9.07. The third kappa shape index (κ3) is 3.25. The number of morpholine rings is 1. The molecule has 26 heavy (non-hydrogen) atoms. The molecule has 0 bridgehead atoms. The number of carboxylic acid groups (broad SMARTS) is 1. The summed E-state index contributed by atoms with van der Waals surface area (Å²) in [6.45, 7) is 1.74. The normalized spacial score (nSPS) is 19.2. The fourth-order valence-electron chi connectivity index (χ4n) is 2.94. The minimum absolute atomic E-state index is 0.0609. The number of amides is 1. The van der Waals surface area contributed by atoms with E-state index in [0.29, 0.717) is 30.4 Å². The molecule has 1 saturated heterocycles. The van der Waals surface area contributed by atoms with Gasteiger partial charge in [-0.3, -0.25) is 4.79 Å². The molecular weight excluding hydrogens is 358 g/mol. The van der Waals surface area contributed by atoms with Crippen LogP contribution in [0.3, 0.4) is 0 Å². The van der Waals surface area contributed by atoms with Gasteiger partial charge in [-0.25, -0.2) is 4.79 Å². The van der Waals surface area contributed by atoms with Crippen LogP contribution < -0.4 is 9.47 Å². The lowest BCUT2D eigenvalue weighted by Gasteiger charge is -2.30. The molecule has 0 aliphatic carbocycles. The van der Waals surface area contributed by atoms with Crippen LogP contribution in [0.5, 0.6) is 11.5 Å². The maximum absolute atomic E-state index is 12.7. The number of aliphatic carboxylic acids is 1. The molecule has 7 nitrogen and oxygen atoms in total. The lowest BCUT2D eigenvalue weighted by atomic mass is 10.1. The minimum atomic E-state index is -1.05. The van der Waals surface area contributed by atoms with Crippen molar-refractivity contribution < 1.29 is 28.9 Å². The maximum Gasteiger partial charge on any atom is 0.334 e. The van der Waals surface area contributed by atoms with E-state index in [2.05, 4.69) is 0 Å². The quantitative estimate of drug-likeness (QED) is 0.884. The Labute approximate surface area is 153 Å². The van der Waals surface area contributed by atoms with E-state index in [4.69, 9.17) is 19.3 Å². The Morgan fingerprint density at radius 2 is 1.88 bits per heavy atom. The van der Waals surface area contributed by atoms with Gasteiger partial charge in [0.1, 0.15) is 13.2 Å². The van der Waals surface area contributed by atoms with E-state index in [9.17, 15) is 9.59 Å². The van der Waals surface area contributed by atoms with E-state index in [1.807, 2.05) is 24.3 Å². The van der Waals surface area contributed by atoms with Gasteiger partial charge in [0, 0.05) is 11.4 Å². The van der Waals surface area contributed by atoms with Crippen LogP contribution in [0.25, 0.3) is 10.4 Å². The summed E-state index contributed by atoms with van der Waals surface area (Å²) in [4.78, 5) is 26.8. The van der Waals surface area contributed by atoms with Crippen LogP contribution in [0.4, 0.5) is 0 Å². The smallest absolute Gasteiger partial charge is 0.334 e. The molecule has 3 heterocycles. The Bertz CT molecular complexity index is 848. The number of thiophene rings is 1. The van der Waals surface area contributed by atoms with Gasteiger partial charge >= 0.3 is 5.97 Å². The lowest BCUT2D eigenvalue weighted by Crippen LogP contribution is -2.48. The molecule has 2 aliphatic rings. The largest absolute Gasteiger partial charge is 0.486 e. The molecule has 2 aliphatic heterocycles. The average Bonchev–Trinajstić information content (AvgIpc) is 3.17. The van der Waals surface area contributed by atoms with Gasteiger partial charge in [-0.15, -0.1) is 11.3 Å². The van der Waals surface area contributed by atoms with Gasteiger partial charge in [-0.1, -0.05) is 0 Å². The van der Waals surface area contributed by atoms with E-state index in [1.54, 1.807) is 6.07 Å². The Morgan fingerprint density at radius 3 is 2.69 bits per heavy atom. The summed E-state index contributed by atoms with van der Waals surface area (Å²) in [6.07, 6.45) is -0.968. The summed E-state index contributed by atoms with van der Waals surface area (Å²) in [5.41, 5.74) is 0.948. The van der Waals surface area contributed by atoms with Gasteiger partial charge in [-0.05, 0) is 35.9 Å². The van der Waals surface area contributed by atoms with E-state index in [-0.39, 0.29) is 19.1 Å². The zero-order valence-corrected chi connectivity index (χ0v) is 14.7. The van der Waals surface area contributed by atoms with Gasteiger partial charge in [0.05, 0.1) is 18.0 Å². The highest BCUT2D eigenvalue weighted by atomic mass is 32.1. The van der Waals surface area contributed by atoms with Gasteiger partial charge in [0.15, 0.2) is 17.6 Å². The molecule has 0 unspecified atom stereocenters. The average molecular weight is 375 g/mol. The van der Waals surface area contributed by atoms with Crippen LogP contribution in [0.15, 0.2) is 30.3 Å². The third-order valence-electron chi connectivity index (χ3n) is 4.27. The van der Waals surface area contributed by atoms with Crippen LogP contribution in [0, 0.1) is 0 Å². The number of rotatable bonds is 3. The Hall–Kier alpha value is -2.58. The summed E-state index contributed by atoms with van der Waals surface area (Å²) in [7, 11) is 0. The monoisotopic (exact) mass is 375 g/mol. The number of carboxylic acids is 1. The first-order chi connectivity index (χ1) is 12.6. The molecule has 0 saturated carbocycles. The van der Waals surface area contributed by atoms with Gasteiger partial charge in [0.25, 0.3) is 5.91 Å². The van der Waals surface area contributed by atoms with Crippen molar-refractivity contribution in [1.82, 2.24) is 4.90 Å². The van der Waals surface area contributed by atoms with E-state index in [0.717, 1.165) is 16.2 Å². The van der Waals surface area contributed by atoms with Crippen molar-refractivity contribution in [3.8, 4) is 21.9 Å². The molecule has 1 fully saturated rings. The van der Waals surface area contributed by atoms with Crippen molar-refractivity contribution in [2.45, 2.75) is 6.10 Å². The lowest BCUT2D eigenvalue weighted by molar-refractivity contribution is -0.154. The predicted molar refractivity (Wildman–Crippen MR) is 94.0 cm³/mol. The molecule has 2 aromatic rings. The summed E-state index contributed by atoms with van der Waals surface area (Å²) in [5.74, 6) is 0.201. The Kier molecular flexibility index (Phi) is 4.52. The summed E-state index contributed by atoms with van der Waals surface area (Å²) < 4.78 is 16.3. The Balaban J connectivity index is 1.52. The molecule has 1 aromatic heterocycles. The van der Waals surface area contributed by atoms with Crippen LogP contribution in [0.1, 0.15) is 9.67 Å². The second kappa shape index (κ2) is 6.97. The first kappa shape index (κ1) is 16.9. The molecule has 8 heteroatoms. The molecule has 1 aromatic carbocycles. The zero-order chi connectivity index (χ0) is 18.1. The first-order valence-electron chi connectivity index (χ1n) is 8.25. The minimum Gasteiger partial charge on any atom is -0.486 e. The number of hydrogen-bond donors (Lipinski definition) is 1. The van der Waals surface area contributed by atoms with Crippen molar-refractivity contribution in [3.63, 3.8) is 0 Å². The second-order valence-corrected chi connectivity index (χ2v) is 7.05. The van der Waals surface area contributed by atoms with Crippen molar-refractivity contribution in [3.05, 3.63) is 35.2 Å². The van der Waals surface area contributed by atoms with Crippen LogP contribution >= 0.6 is 11.3 Å². The topological polar surface area (TPSA) is 85.3 Å². The van der Waals surface area contributed by atoms with Crippen LogP contribution in [0.2, 0.25) is 0 Å². The molecule has 1 amide bonds. The van der Waals surface area contributed by atoms with Crippen molar-refractivity contribution >= 4 is 23.2 Å². The molecular formula is C18H17NO6S. The second-order valence-electron chi connectivity index (χ2n) is 5.97. The summed E-state index contributed by atoms with van der Waals surface area (Å²) >= 11 is 1.37. The zero-order valence-electron chi connectivity index (χ0n) is 13.8. The number of fused-ring (bicyclic) bond motifs is 1. The van der Waals surface area contributed by atoms with E-state index in [1.165, 1.54) is 16.2 Å². The van der Waals surface area contributed by atoms with Crippen molar-refractivity contribution in [1.29, 1.82) is 0 Å². The summed E-state index contributed by atoms with van der Waals surface area (Å²) in [5, 5.41) is 9.08. The number of hydrogen-bond acceptors (Lipinski definition) is 6. The fraction of sp³-hybridized carbons (Fsp3) is 0.333. The van der Waals surface area contributed by atoms with Gasteiger partial charge < -0.3 is 24.2 Å². The highest BCUT2D eigenvalue weighted by Crippen LogP contribution is 2.37. The summed E-state index contributed by atoms with van der Waals surface area (Å²) in [6, 6.07) is 9.36. The number of carbonyl (C=O) groups excluding carboxylic acids is 1. The fourth-order valence-corrected chi connectivity index (χ4v) is 3.91. The SMILES string of the molecule is O=C(O)[C@@H]1CN(C(=O)c2ccc(-c3ccc4c(c3)OCCO4)s2)CCO1. The molecule has 0 radical (unpaired) electrons. The number of benzene rings is 1.